The van der Waals surface area contributed by atoms with Crippen LogP contribution < -0.4 is 4.90 Å². The minimum Gasteiger partial charge on any atom is -0.435 e. The number of nitrogens with zero attached hydrogens (tertiary/aromatic N) is 2. The topological polar surface area (TPSA) is 29.3 Å². The van der Waals surface area contributed by atoms with Gasteiger partial charge < -0.3 is 9.32 Å². The maximum Gasteiger partial charge on any atom is 0.227 e. The summed E-state index contributed by atoms with van der Waals surface area (Å²) in [5.74, 6) is 0.625. The van der Waals surface area contributed by atoms with Crippen molar-refractivity contribution in [2.45, 2.75) is 0 Å². The highest BCUT2D eigenvalue weighted by atomic mass is 16.3. The van der Waals surface area contributed by atoms with E-state index >= 15 is 0 Å². The third kappa shape index (κ3) is 5.69. The number of fused-ring (bicyclic) bond motifs is 5. The van der Waals surface area contributed by atoms with Crippen molar-refractivity contribution in [3.05, 3.63) is 206 Å². The van der Waals surface area contributed by atoms with Gasteiger partial charge in [-0.25, -0.2) is 4.98 Å². The zero-order valence-corrected chi connectivity index (χ0v) is 29.4. The molecule has 3 heteroatoms. The van der Waals surface area contributed by atoms with Crippen LogP contribution in [0.4, 0.5) is 17.1 Å². The summed E-state index contributed by atoms with van der Waals surface area (Å²) in [5, 5.41) is 4.43. The quantitative estimate of drug-likeness (QED) is 0.156. The van der Waals surface area contributed by atoms with E-state index in [4.69, 9.17) is 9.40 Å². The first kappa shape index (κ1) is 31.5. The van der Waals surface area contributed by atoms with E-state index < -0.39 is 0 Å². The summed E-state index contributed by atoms with van der Waals surface area (Å²) >= 11 is 0. The molecule has 0 saturated heterocycles. The monoisotopic (exact) mass is 690 g/mol. The maximum atomic E-state index is 6.58. The number of para-hydroxylation sites is 1. The lowest BCUT2D eigenvalue weighted by Gasteiger charge is -2.28. The third-order valence-corrected chi connectivity index (χ3v) is 10.3. The van der Waals surface area contributed by atoms with Crippen molar-refractivity contribution >= 4 is 49.7 Å². The lowest BCUT2D eigenvalue weighted by Crippen LogP contribution is -2.11. The fraction of sp³-hybridized carbons (Fsp3) is 0. The molecule has 0 spiro atoms. The number of anilines is 3. The maximum absolute atomic E-state index is 6.58. The van der Waals surface area contributed by atoms with E-state index in [9.17, 15) is 0 Å². The largest absolute Gasteiger partial charge is 0.435 e. The van der Waals surface area contributed by atoms with Gasteiger partial charge in [-0.1, -0.05) is 158 Å². The lowest BCUT2D eigenvalue weighted by atomic mass is 9.98. The van der Waals surface area contributed by atoms with Crippen molar-refractivity contribution in [3.63, 3.8) is 0 Å². The first-order chi connectivity index (χ1) is 26.8. The predicted octanol–water partition coefficient (Wildman–Crippen LogP) is 14.3. The molecule has 0 radical (unpaired) electrons. The minimum absolute atomic E-state index is 0.625. The second kappa shape index (κ2) is 13.4. The standard InChI is InChI=1S/C51H34N2O/c1-4-12-35(13-5-1)36-20-22-37(23-21-36)38-26-30-43(31-27-38)53(48-19-11-10-18-45(48)39-14-6-2-7-15-39)44-32-28-40-24-25-41-29-33-47-50(49(41)46(40)34-44)54-51(52-47)42-16-8-3-9-17-42/h1-34H. The van der Waals surface area contributed by atoms with E-state index in [-0.39, 0.29) is 0 Å². The molecular weight excluding hydrogens is 657 g/mol. The number of hydrogen-bond acceptors (Lipinski definition) is 3. The molecule has 1 heterocycles. The molecule has 10 rings (SSSR count). The van der Waals surface area contributed by atoms with Crippen molar-refractivity contribution in [1.29, 1.82) is 0 Å². The Morgan fingerprint density at radius 2 is 0.889 bits per heavy atom. The van der Waals surface area contributed by atoms with Gasteiger partial charge >= 0.3 is 0 Å². The zero-order chi connectivity index (χ0) is 35.8. The summed E-state index contributed by atoms with van der Waals surface area (Å²) in [5.41, 5.74) is 12.9. The van der Waals surface area contributed by atoms with Gasteiger partial charge in [0.15, 0.2) is 5.58 Å². The Morgan fingerprint density at radius 3 is 1.57 bits per heavy atom. The van der Waals surface area contributed by atoms with Crippen LogP contribution >= 0.6 is 0 Å². The molecule has 0 saturated carbocycles. The van der Waals surface area contributed by atoms with Crippen molar-refractivity contribution in [1.82, 2.24) is 4.98 Å². The molecule has 0 aliphatic rings. The number of benzene rings is 9. The van der Waals surface area contributed by atoms with Crippen LogP contribution in [0.5, 0.6) is 0 Å². The van der Waals surface area contributed by atoms with Gasteiger partial charge in [-0.05, 0) is 92.5 Å². The fourth-order valence-electron chi connectivity index (χ4n) is 7.60. The fourth-order valence-corrected chi connectivity index (χ4v) is 7.60. The molecule has 9 aromatic carbocycles. The van der Waals surface area contributed by atoms with Gasteiger partial charge in [0.1, 0.15) is 5.52 Å². The highest BCUT2D eigenvalue weighted by Crippen LogP contribution is 2.44. The van der Waals surface area contributed by atoms with Gasteiger partial charge in [-0.15, -0.1) is 0 Å². The normalized spacial score (nSPS) is 11.3. The molecule has 0 unspecified atom stereocenters. The molecule has 254 valence electrons. The van der Waals surface area contributed by atoms with Gasteiger partial charge in [0.2, 0.25) is 5.89 Å². The second-order valence-electron chi connectivity index (χ2n) is 13.6. The third-order valence-electron chi connectivity index (χ3n) is 10.3. The predicted molar refractivity (Wildman–Crippen MR) is 225 cm³/mol. The first-order valence-electron chi connectivity index (χ1n) is 18.3. The first-order valence-corrected chi connectivity index (χ1v) is 18.3. The average molecular weight is 691 g/mol. The van der Waals surface area contributed by atoms with Gasteiger partial charge in [-0.2, -0.15) is 0 Å². The van der Waals surface area contributed by atoms with E-state index in [0.717, 1.165) is 66.4 Å². The smallest absolute Gasteiger partial charge is 0.227 e. The molecule has 0 atom stereocenters. The molecule has 0 fully saturated rings. The number of hydrogen-bond donors (Lipinski definition) is 0. The van der Waals surface area contributed by atoms with Crippen molar-refractivity contribution < 1.29 is 4.42 Å². The zero-order valence-electron chi connectivity index (χ0n) is 29.4. The summed E-state index contributed by atoms with van der Waals surface area (Å²) in [4.78, 5) is 7.29. The summed E-state index contributed by atoms with van der Waals surface area (Å²) < 4.78 is 6.58. The summed E-state index contributed by atoms with van der Waals surface area (Å²) in [7, 11) is 0. The summed E-state index contributed by atoms with van der Waals surface area (Å²) in [6.07, 6.45) is 0. The van der Waals surface area contributed by atoms with Crippen LogP contribution in [0.1, 0.15) is 0 Å². The highest BCUT2D eigenvalue weighted by Gasteiger charge is 2.19. The molecule has 0 amide bonds. The Bertz CT molecular complexity index is 2900. The number of oxazole rings is 1. The Morgan fingerprint density at radius 1 is 0.389 bits per heavy atom. The van der Waals surface area contributed by atoms with Crippen LogP contribution in [0.25, 0.3) is 77.5 Å². The van der Waals surface area contributed by atoms with E-state index in [1.54, 1.807) is 0 Å². The number of aromatic nitrogens is 1. The summed E-state index contributed by atoms with van der Waals surface area (Å²) in [6, 6.07) is 73.0. The van der Waals surface area contributed by atoms with Gasteiger partial charge in [0, 0.05) is 27.9 Å². The lowest BCUT2D eigenvalue weighted by molar-refractivity contribution is 0.623. The van der Waals surface area contributed by atoms with Crippen LogP contribution in [0.15, 0.2) is 211 Å². The van der Waals surface area contributed by atoms with Crippen LogP contribution in [0.3, 0.4) is 0 Å². The molecule has 10 aromatic rings. The molecule has 1 aromatic heterocycles. The molecule has 0 N–H and O–H groups in total. The van der Waals surface area contributed by atoms with Gasteiger partial charge in [-0.3, -0.25) is 0 Å². The molecule has 0 aliphatic heterocycles. The number of rotatable bonds is 7. The molecule has 3 nitrogen and oxygen atoms in total. The highest BCUT2D eigenvalue weighted by molar-refractivity contribution is 6.18. The average Bonchev–Trinajstić information content (AvgIpc) is 3.70. The van der Waals surface area contributed by atoms with Crippen molar-refractivity contribution in [3.8, 4) is 44.8 Å². The molecule has 0 aliphatic carbocycles. The van der Waals surface area contributed by atoms with E-state index in [1.807, 2.05) is 30.3 Å². The molecular formula is C51H34N2O. The Balaban J connectivity index is 1.13. The Hall–Kier alpha value is -7.23. The Labute approximate surface area is 314 Å². The molecule has 0 bridgehead atoms. The van der Waals surface area contributed by atoms with Gasteiger partial charge in [0.25, 0.3) is 0 Å². The van der Waals surface area contributed by atoms with Crippen LogP contribution in [-0.4, -0.2) is 4.98 Å². The van der Waals surface area contributed by atoms with Crippen LogP contribution in [0.2, 0.25) is 0 Å². The van der Waals surface area contributed by atoms with Crippen LogP contribution in [0, 0.1) is 0 Å². The SMILES string of the molecule is c1ccc(-c2ccc(-c3ccc(N(c4ccc5ccc6ccc7nc(-c8ccccc8)oc7c6c5c4)c4ccccc4-c4ccccc4)cc3)cc2)cc1. The second-order valence-corrected chi connectivity index (χ2v) is 13.6. The Kier molecular flexibility index (Phi) is 7.81. The van der Waals surface area contributed by atoms with E-state index in [0.29, 0.717) is 5.89 Å². The van der Waals surface area contributed by atoms with Crippen LogP contribution in [-0.2, 0) is 0 Å². The van der Waals surface area contributed by atoms with Gasteiger partial charge in [0.05, 0.1) is 5.69 Å². The van der Waals surface area contributed by atoms with E-state index in [2.05, 4.69) is 181 Å². The summed E-state index contributed by atoms with van der Waals surface area (Å²) in [6.45, 7) is 0. The van der Waals surface area contributed by atoms with Crippen molar-refractivity contribution in [2.24, 2.45) is 0 Å². The molecule has 54 heavy (non-hydrogen) atoms. The van der Waals surface area contributed by atoms with Crippen molar-refractivity contribution in [2.75, 3.05) is 4.90 Å². The van der Waals surface area contributed by atoms with E-state index in [1.165, 1.54) is 22.3 Å². The minimum atomic E-state index is 0.625.